The Bertz CT molecular complexity index is 414. The molecular formula is C13H19N3O2. The molecule has 1 amide bonds. The van der Waals surface area contributed by atoms with Gasteiger partial charge in [-0.15, -0.1) is 0 Å². The summed E-state index contributed by atoms with van der Waals surface area (Å²) in [5.74, 6) is 0.282. The molecule has 4 N–H and O–H groups in total. The number of aromatic hydroxyl groups is 1. The van der Waals surface area contributed by atoms with E-state index in [4.69, 9.17) is 5.73 Å². The van der Waals surface area contributed by atoms with Crippen molar-refractivity contribution in [3.05, 3.63) is 24.0 Å². The maximum absolute atomic E-state index is 12.0. The Morgan fingerprint density at radius 3 is 2.78 bits per heavy atom. The van der Waals surface area contributed by atoms with Gasteiger partial charge in [-0.3, -0.25) is 9.78 Å². The molecule has 18 heavy (non-hydrogen) atoms. The molecule has 1 aliphatic rings. The van der Waals surface area contributed by atoms with Gasteiger partial charge in [0.2, 0.25) is 0 Å². The lowest BCUT2D eigenvalue weighted by Crippen LogP contribution is -2.38. The number of hydrogen-bond acceptors (Lipinski definition) is 4. The van der Waals surface area contributed by atoms with E-state index in [1.807, 2.05) is 0 Å². The summed E-state index contributed by atoms with van der Waals surface area (Å²) in [4.78, 5) is 15.7. The molecule has 5 heteroatoms. The fourth-order valence-electron chi connectivity index (χ4n) is 2.38. The van der Waals surface area contributed by atoms with Gasteiger partial charge in [-0.2, -0.15) is 0 Å². The monoisotopic (exact) mass is 249 g/mol. The molecule has 1 aliphatic carbocycles. The second kappa shape index (κ2) is 5.82. The van der Waals surface area contributed by atoms with E-state index in [9.17, 15) is 9.90 Å². The van der Waals surface area contributed by atoms with E-state index in [2.05, 4.69) is 10.3 Å². The highest BCUT2D eigenvalue weighted by Crippen LogP contribution is 2.24. The van der Waals surface area contributed by atoms with Crippen molar-refractivity contribution in [1.29, 1.82) is 0 Å². The zero-order valence-corrected chi connectivity index (χ0v) is 10.3. The number of carbonyl (C=O) groups excluding carboxylic acids is 1. The number of rotatable bonds is 3. The molecule has 1 aromatic heterocycles. The SMILES string of the molecule is NCC1CCC(NC(=O)c2ccncc2O)CC1. The first-order chi connectivity index (χ1) is 8.70. The van der Waals surface area contributed by atoms with Crippen LogP contribution in [0.3, 0.4) is 0 Å². The van der Waals surface area contributed by atoms with Crippen LogP contribution in [-0.4, -0.2) is 28.6 Å². The van der Waals surface area contributed by atoms with Gasteiger partial charge in [0, 0.05) is 12.2 Å². The molecule has 0 radical (unpaired) electrons. The largest absolute Gasteiger partial charge is 0.505 e. The van der Waals surface area contributed by atoms with Gasteiger partial charge in [0.05, 0.1) is 11.8 Å². The van der Waals surface area contributed by atoms with Crippen molar-refractivity contribution in [2.45, 2.75) is 31.7 Å². The topological polar surface area (TPSA) is 88.2 Å². The van der Waals surface area contributed by atoms with E-state index in [1.54, 1.807) is 0 Å². The lowest BCUT2D eigenvalue weighted by atomic mass is 9.86. The normalized spacial score (nSPS) is 23.6. The number of carbonyl (C=O) groups is 1. The number of nitrogens with one attached hydrogen (secondary N) is 1. The van der Waals surface area contributed by atoms with Gasteiger partial charge in [0.1, 0.15) is 5.75 Å². The summed E-state index contributed by atoms with van der Waals surface area (Å²) in [6, 6.07) is 1.71. The highest BCUT2D eigenvalue weighted by atomic mass is 16.3. The van der Waals surface area contributed by atoms with Crippen LogP contribution >= 0.6 is 0 Å². The lowest BCUT2D eigenvalue weighted by molar-refractivity contribution is 0.0919. The average molecular weight is 249 g/mol. The van der Waals surface area contributed by atoms with Gasteiger partial charge in [0.15, 0.2) is 0 Å². The zero-order valence-electron chi connectivity index (χ0n) is 10.3. The smallest absolute Gasteiger partial charge is 0.255 e. The Hall–Kier alpha value is -1.62. The minimum Gasteiger partial charge on any atom is -0.505 e. The third kappa shape index (κ3) is 2.98. The summed E-state index contributed by atoms with van der Waals surface area (Å²) in [5, 5.41) is 12.5. The van der Waals surface area contributed by atoms with E-state index >= 15 is 0 Å². The van der Waals surface area contributed by atoms with Crippen LogP contribution in [0.4, 0.5) is 0 Å². The summed E-state index contributed by atoms with van der Waals surface area (Å²) in [5.41, 5.74) is 5.92. The molecule has 0 spiro atoms. The van der Waals surface area contributed by atoms with Crippen molar-refractivity contribution in [2.24, 2.45) is 11.7 Å². The van der Waals surface area contributed by atoms with E-state index < -0.39 is 0 Å². The average Bonchev–Trinajstić information content (AvgIpc) is 2.40. The first-order valence-electron chi connectivity index (χ1n) is 6.34. The second-order valence-electron chi connectivity index (χ2n) is 4.82. The highest BCUT2D eigenvalue weighted by molar-refractivity contribution is 5.96. The van der Waals surface area contributed by atoms with Crippen molar-refractivity contribution in [3.63, 3.8) is 0 Å². The number of pyridine rings is 1. The lowest BCUT2D eigenvalue weighted by Gasteiger charge is -2.28. The number of nitrogens with two attached hydrogens (primary N) is 1. The van der Waals surface area contributed by atoms with Gasteiger partial charge in [-0.1, -0.05) is 0 Å². The van der Waals surface area contributed by atoms with Crippen LogP contribution in [0.5, 0.6) is 5.75 Å². The van der Waals surface area contributed by atoms with Gasteiger partial charge >= 0.3 is 0 Å². The van der Waals surface area contributed by atoms with E-state index in [0.717, 1.165) is 32.2 Å². The number of hydrogen-bond donors (Lipinski definition) is 3. The van der Waals surface area contributed by atoms with Crippen LogP contribution in [0.15, 0.2) is 18.5 Å². The molecule has 0 unspecified atom stereocenters. The van der Waals surface area contributed by atoms with E-state index in [-0.39, 0.29) is 23.3 Å². The third-order valence-corrected chi connectivity index (χ3v) is 3.56. The molecule has 0 aromatic carbocycles. The Morgan fingerprint density at radius 2 is 2.17 bits per heavy atom. The molecule has 1 heterocycles. The second-order valence-corrected chi connectivity index (χ2v) is 4.82. The summed E-state index contributed by atoms with van der Waals surface area (Å²) in [7, 11) is 0. The third-order valence-electron chi connectivity index (χ3n) is 3.56. The van der Waals surface area contributed by atoms with Crippen molar-refractivity contribution in [2.75, 3.05) is 6.54 Å². The molecule has 5 nitrogen and oxygen atoms in total. The quantitative estimate of drug-likeness (QED) is 0.746. The number of amides is 1. The van der Waals surface area contributed by atoms with Crippen molar-refractivity contribution >= 4 is 5.91 Å². The van der Waals surface area contributed by atoms with E-state index in [0.29, 0.717) is 5.92 Å². The molecule has 2 rings (SSSR count). The predicted octanol–water partition coefficient (Wildman–Crippen LogP) is 1.03. The van der Waals surface area contributed by atoms with Crippen LogP contribution in [0, 0.1) is 5.92 Å². The van der Waals surface area contributed by atoms with Crippen molar-refractivity contribution < 1.29 is 9.90 Å². The zero-order chi connectivity index (χ0) is 13.0. The molecule has 0 bridgehead atoms. The fraction of sp³-hybridized carbons (Fsp3) is 0.538. The Labute approximate surface area is 106 Å². The summed E-state index contributed by atoms with van der Waals surface area (Å²) < 4.78 is 0. The van der Waals surface area contributed by atoms with Gasteiger partial charge in [-0.05, 0) is 44.2 Å². The van der Waals surface area contributed by atoms with E-state index in [1.165, 1.54) is 18.5 Å². The molecule has 1 fully saturated rings. The molecule has 0 atom stereocenters. The Morgan fingerprint density at radius 1 is 1.44 bits per heavy atom. The molecular weight excluding hydrogens is 230 g/mol. The molecule has 1 saturated carbocycles. The van der Waals surface area contributed by atoms with Crippen molar-refractivity contribution in [3.8, 4) is 5.75 Å². The molecule has 1 aromatic rings. The van der Waals surface area contributed by atoms with Crippen LogP contribution in [0.1, 0.15) is 36.0 Å². The summed E-state index contributed by atoms with van der Waals surface area (Å²) >= 11 is 0. The van der Waals surface area contributed by atoms with Crippen LogP contribution in [-0.2, 0) is 0 Å². The molecule has 0 aliphatic heterocycles. The minimum absolute atomic E-state index is 0.0781. The van der Waals surface area contributed by atoms with Crippen molar-refractivity contribution in [1.82, 2.24) is 10.3 Å². The fourth-order valence-corrected chi connectivity index (χ4v) is 2.38. The first-order valence-corrected chi connectivity index (χ1v) is 6.34. The van der Waals surface area contributed by atoms with Crippen LogP contribution in [0.2, 0.25) is 0 Å². The predicted molar refractivity (Wildman–Crippen MR) is 68.2 cm³/mol. The molecule has 98 valence electrons. The number of aromatic nitrogens is 1. The summed E-state index contributed by atoms with van der Waals surface area (Å²) in [6.45, 7) is 0.728. The maximum Gasteiger partial charge on any atom is 0.255 e. The van der Waals surface area contributed by atoms with Gasteiger partial charge < -0.3 is 16.2 Å². The summed E-state index contributed by atoms with van der Waals surface area (Å²) in [6.07, 6.45) is 6.81. The maximum atomic E-state index is 12.0. The van der Waals surface area contributed by atoms with Crippen LogP contribution < -0.4 is 11.1 Å². The molecule has 0 saturated heterocycles. The van der Waals surface area contributed by atoms with Gasteiger partial charge in [-0.25, -0.2) is 0 Å². The first kappa shape index (κ1) is 12.8. The standard InChI is InChI=1S/C13H19N3O2/c14-7-9-1-3-10(4-2-9)16-13(18)11-5-6-15-8-12(11)17/h5-6,8-10,17H,1-4,7,14H2,(H,16,18). The minimum atomic E-state index is -0.230. The van der Waals surface area contributed by atoms with Gasteiger partial charge in [0.25, 0.3) is 5.91 Å². The highest BCUT2D eigenvalue weighted by Gasteiger charge is 2.22. The number of nitrogens with zero attached hydrogens (tertiary/aromatic N) is 1. The Kier molecular flexibility index (Phi) is 4.15. The Balaban J connectivity index is 1.91. The van der Waals surface area contributed by atoms with Crippen LogP contribution in [0.25, 0.3) is 0 Å².